The molecule has 0 aliphatic heterocycles. The number of fused-ring (bicyclic) bond motifs is 1. The van der Waals surface area contributed by atoms with Gasteiger partial charge in [-0.1, -0.05) is 41.4 Å². The van der Waals surface area contributed by atoms with Crippen LogP contribution in [0, 0.1) is 0 Å². The van der Waals surface area contributed by atoms with Crippen LogP contribution in [0.3, 0.4) is 0 Å². The maximum absolute atomic E-state index is 12.6. The minimum atomic E-state index is -0.164. The van der Waals surface area contributed by atoms with Crippen LogP contribution in [0.15, 0.2) is 71.9 Å². The number of hydrogen-bond donors (Lipinski definition) is 2. The van der Waals surface area contributed by atoms with Crippen molar-refractivity contribution in [3.63, 3.8) is 0 Å². The van der Waals surface area contributed by atoms with Gasteiger partial charge in [-0.2, -0.15) is 0 Å². The number of anilines is 1. The molecule has 4 rings (SSSR count). The maximum atomic E-state index is 12.6. The number of imidazole rings is 1. The van der Waals surface area contributed by atoms with E-state index in [4.69, 9.17) is 28.3 Å². The summed E-state index contributed by atoms with van der Waals surface area (Å²) in [6.45, 7) is 0. The van der Waals surface area contributed by atoms with E-state index in [0.29, 0.717) is 15.7 Å². The molecular weight excluding hydrogens is 427 g/mol. The number of carbonyl (C=O) groups is 1. The lowest BCUT2D eigenvalue weighted by molar-refractivity contribution is -0.115. The zero-order valence-electron chi connectivity index (χ0n) is 15.1. The number of nitrogens with one attached hydrogen (secondary N) is 1. The van der Waals surface area contributed by atoms with E-state index >= 15 is 0 Å². The molecule has 8 heteroatoms. The van der Waals surface area contributed by atoms with E-state index in [0.717, 1.165) is 39.1 Å². The van der Waals surface area contributed by atoms with Gasteiger partial charge in [0.1, 0.15) is 11.8 Å². The van der Waals surface area contributed by atoms with Gasteiger partial charge in [-0.15, -0.1) is 0 Å². The van der Waals surface area contributed by atoms with Crippen LogP contribution in [0.25, 0.3) is 16.7 Å². The molecule has 3 N–H and O–H groups in total. The second-order valence-electron chi connectivity index (χ2n) is 6.37. The second-order valence-corrected chi connectivity index (χ2v) is 7.89. The normalized spacial score (nSPS) is 11.0. The minimum absolute atomic E-state index is 0.164. The lowest BCUT2D eigenvalue weighted by Crippen LogP contribution is -2.14. The molecular formula is C21H16Cl2N4OS. The summed E-state index contributed by atoms with van der Waals surface area (Å²) in [5.74, 6) is -0.164. The quantitative estimate of drug-likeness (QED) is 0.401. The number of nitrogens with two attached hydrogens (primary N) is 1. The molecule has 5 nitrogen and oxygen atoms in total. The van der Waals surface area contributed by atoms with E-state index in [-0.39, 0.29) is 12.3 Å². The lowest BCUT2D eigenvalue weighted by atomic mass is 10.1. The first kappa shape index (κ1) is 19.8. The van der Waals surface area contributed by atoms with Crippen LogP contribution in [-0.4, -0.2) is 15.5 Å². The summed E-state index contributed by atoms with van der Waals surface area (Å²) in [4.78, 5) is 17.8. The van der Waals surface area contributed by atoms with Crippen molar-refractivity contribution in [2.45, 2.75) is 11.3 Å². The van der Waals surface area contributed by atoms with Crippen LogP contribution in [0.2, 0.25) is 10.0 Å². The van der Waals surface area contributed by atoms with Gasteiger partial charge in [-0.05, 0) is 60.0 Å². The first-order valence-corrected chi connectivity index (χ1v) is 10.4. The van der Waals surface area contributed by atoms with Gasteiger partial charge in [0, 0.05) is 21.4 Å². The zero-order chi connectivity index (χ0) is 20.4. The topological polar surface area (TPSA) is 72.9 Å². The van der Waals surface area contributed by atoms with E-state index in [1.165, 1.54) is 0 Å². The molecule has 0 saturated carbocycles. The molecule has 0 unspecified atom stereocenters. The van der Waals surface area contributed by atoms with Gasteiger partial charge >= 0.3 is 0 Å². The van der Waals surface area contributed by atoms with Gasteiger partial charge in [0.25, 0.3) is 0 Å². The summed E-state index contributed by atoms with van der Waals surface area (Å²) >= 11 is 13.2. The molecule has 1 amide bonds. The SMILES string of the molecule is NSc1cc(NC(=O)Cc2ccccc2Cl)cc2c1ncn2-c1ccc(Cl)cc1. The summed E-state index contributed by atoms with van der Waals surface area (Å²) in [6.07, 6.45) is 1.90. The van der Waals surface area contributed by atoms with Crippen molar-refractivity contribution < 1.29 is 4.79 Å². The monoisotopic (exact) mass is 442 g/mol. The minimum Gasteiger partial charge on any atom is -0.326 e. The van der Waals surface area contributed by atoms with Crippen molar-refractivity contribution >= 4 is 57.8 Å². The maximum Gasteiger partial charge on any atom is 0.228 e. The molecule has 0 spiro atoms. The van der Waals surface area contributed by atoms with Crippen molar-refractivity contribution in [3.8, 4) is 5.69 Å². The first-order chi connectivity index (χ1) is 14.0. The van der Waals surface area contributed by atoms with Crippen LogP contribution >= 0.6 is 35.1 Å². The highest BCUT2D eigenvalue weighted by Crippen LogP contribution is 2.30. The van der Waals surface area contributed by atoms with E-state index < -0.39 is 0 Å². The van der Waals surface area contributed by atoms with Crippen LogP contribution in [0.4, 0.5) is 5.69 Å². The molecule has 1 heterocycles. The van der Waals surface area contributed by atoms with E-state index in [1.807, 2.05) is 59.2 Å². The number of carbonyl (C=O) groups excluding carboxylic acids is 1. The van der Waals surface area contributed by atoms with Gasteiger partial charge in [0.15, 0.2) is 0 Å². The Morgan fingerprint density at radius 1 is 1.10 bits per heavy atom. The third-order valence-corrected chi connectivity index (χ3v) is 5.63. The molecule has 3 aromatic carbocycles. The predicted octanol–water partition coefficient (Wildman–Crippen LogP) is 5.48. The van der Waals surface area contributed by atoms with Gasteiger partial charge in [-0.3, -0.25) is 14.5 Å². The zero-order valence-corrected chi connectivity index (χ0v) is 17.4. The average molecular weight is 443 g/mol. The Kier molecular flexibility index (Phi) is 5.78. The van der Waals surface area contributed by atoms with Crippen LogP contribution in [0.5, 0.6) is 0 Å². The molecule has 0 aliphatic rings. The fourth-order valence-electron chi connectivity index (χ4n) is 3.07. The molecule has 0 saturated heterocycles. The van der Waals surface area contributed by atoms with Crippen molar-refractivity contribution in [1.82, 2.24) is 9.55 Å². The molecule has 4 aromatic rings. The summed E-state index contributed by atoms with van der Waals surface area (Å²) in [7, 11) is 0. The molecule has 0 fully saturated rings. The van der Waals surface area contributed by atoms with Crippen LogP contribution in [-0.2, 0) is 11.2 Å². The number of benzene rings is 3. The molecule has 29 heavy (non-hydrogen) atoms. The summed E-state index contributed by atoms with van der Waals surface area (Å²) in [6, 6.07) is 18.4. The molecule has 0 radical (unpaired) electrons. The average Bonchev–Trinajstić information content (AvgIpc) is 3.13. The van der Waals surface area contributed by atoms with Crippen molar-refractivity contribution in [3.05, 3.63) is 82.6 Å². The Hall–Kier alpha value is -2.51. The smallest absolute Gasteiger partial charge is 0.228 e. The fourth-order valence-corrected chi connectivity index (χ4v) is 3.87. The molecule has 146 valence electrons. The van der Waals surface area contributed by atoms with Crippen LogP contribution in [0.1, 0.15) is 5.56 Å². The number of rotatable bonds is 5. The lowest BCUT2D eigenvalue weighted by Gasteiger charge is -2.10. The fraction of sp³-hybridized carbons (Fsp3) is 0.0476. The number of hydrogen-bond acceptors (Lipinski definition) is 4. The number of aromatic nitrogens is 2. The third-order valence-electron chi connectivity index (χ3n) is 4.44. The van der Waals surface area contributed by atoms with Crippen molar-refractivity contribution in [2.24, 2.45) is 5.14 Å². The van der Waals surface area contributed by atoms with Gasteiger partial charge in [0.05, 0.1) is 16.8 Å². The molecule has 0 aliphatic carbocycles. The molecule has 0 bridgehead atoms. The van der Waals surface area contributed by atoms with E-state index in [1.54, 1.807) is 12.4 Å². The van der Waals surface area contributed by atoms with Gasteiger partial charge < -0.3 is 5.32 Å². The Balaban J connectivity index is 1.68. The Morgan fingerprint density at radius 3 is 2.59 bits per heavy atom. The Morgan fingerprint density at radius 2 is 1.86 bits per heavy atom. The number of nitrogens with zero attached hydrogens (tertiary/aromatic N) is 2. The van der Waals surface area contributed by atoms with E-state index in [2.05, 4.69) is 10.3 Å². The second kappa shape index (κ2) is 8.47. The Labute approximate surface area is 182 Å². The third kappa shape index (κ3) is 4.26. The highest BCUT2D eigenvalue weighted by atomic mass is 35.5. The van der Waals surface area contributed by atoms with Gasteiger partial charge in [0.2, 0.25) is 5.91 Å². The highest BCUT2D eigenvalue weighted by Gasteiger charge is 2.13. The summed E-state index contributed by atoms with van der Waals surface area (Å²) in [5.41, 5.74) is 3.90. The summed E-state index contributed by atoms with van der Waals surface area (Å²) < 4.78 is 1.93. The van der Waals surface area contributed by atoms with Crippen LogP contribution < -0.4 is 10.5 Å². The molecule has 1 aromatic heterocycles. The van der Waals surface area contributed by atoms with Crippen molar-refractivity contribution in [2.75, 3.05) is 5.32 Å². The standard InChI is InChI=1S/C21H16Cl2N4OS/c22-14-5-7-16(8-6-14)27-12-25-21-18(27)10-15(11-19(21)29-24)26-20(28)9-13-3-1-2-4-17(13)23/h1-8,10-12H,9,24H2,(H,26,28). The number of amides is 1. The predicted molar refractivity (Wildman–Crippen MR) is 120 cm³/mol. The van der Waals surface area contributed by atoms with E-state index in [9.17, 15) is 4.79 Å². The van der Waals surface area contributed by atoms with Gasteiger partial charge in [-0.25, -0.2) is 4.98 Å². The summed E-state index contributed by atoms with van der Waals surface area (Å²) in [5, 5.41) is 10.0. The Bertz CT molecular complexity index is 1190. The molecule has 0 atom stereocenters. The van der Waals surface area contributed by atoms with Crippen molar-refractivity contribution in [1.29, 1.82) is 0 Å². The number of halogens is 2. The largest absolute Gasteiger partial charge is 0.326 e. The first-order valence-electron chi connectivity index (χ1n) is 8.72. The highest BCUT2D eigenvalue weighted by molar-refractivity contribution is 7.97.